The Morgan fingerprint density at radius 3 is 1.16 bits per heavy atom. The van der Waals surface area contributed by atoms with E-state index in [2.05, 4.69) is 342 Å². The van der Waals surface area contributed by atoms with Gasteiger partial charge in [-0.05, 0) is 162 Å². The summed E-state index contributed by atoms with van der Waals surface area (Å²) in [6.07, 6.45) is 0. The molecule has 382 valence electrons. The molecule has 0 N–H and O–H groups in total. The predicted octanol–water partition coefficient (Wildman–Crippen LogP) is 21.1. The Bertz CT molecular complexity index is 3540. The Kier molecular flexibility index (Phi) is 13.4. The minimum absolute atomic E-state index is 0.00354. The molecule has 0 bridgehead atoms. The van der Waals surface area contributed by atoms with Crippen LogP contribution in [0.4, 0.5) is 51.2 Å². The summed E-state index contributed by atoms with van der Waals surface area (Å²) in [5.41, 5.74) is 19.9. The fraction of sp³-hybridized carbons (Fsp3) is 0.178. The molecule has 0 aliphatic heterocycles. The molecule has 0 spiro atoms. The fourth-order valence-electron chi connectivity index (χ4n) is 11.4. The van der Waals surface area contributed by atoms with Gasteiger partial charge in [-0.25, -0.2) is 0 Å². The maximum absolute atomic E-state index is 4.50. The van der Waals surface area contributed by atoms with Gasteiger partial charge in [0.15, 0.2) is 0 Å². The molecule has 0 heterocycles. The lowest BCUT2D eigenvalue weighted by Gasteiger charge is -2.36. The molecule has 10 aromatic rings. The third-order valence-electron chi connectivity index (χ3n) is 15.4. The first-order valence-corrected chi connectivity index (χ1v) is 27.8. The minimum Gasteiger partial charge on any atom is -0.310 e. The standard InChI is InChI=1S/C73H68BrN3/c1-70(2,3)51-40-44-58(45-41-51)76(59-46-42-52(43-47-59)71(4,5)6)66-48-55(72(7,8)9)49-67(69(66)74)77(61-35-24-34-60(50-61)75(56-30-18-12-19-31-56)57-32-20-13-21-33-57)65-39-25-38-64-68(65)62-36-22-23-37-63(62)73(64,53-26-14-10-15-27-53)54-28-16-11-17-29-54/h10-50H,1-9H3. The first-order valence-electron chi connectivity index (χ1n) is 27.0. The summed E-state index contributed by atoms with van der Waals surface area (Å²) < 4.78 is 0.972. The summed E-state index contributed by atoms with van der Waals surface area (Å²) in [7, 11) is 0. The molecule has 0 unspecified atom stereocenters. The lowest BCUT2D eigenvalue weighted by molar-refractivity contribution is 0.589. The van der Waals surface area contributed by atoms with Crippen LogP contribution in [0.3, 0.4) is 0 Å². The van der Waals surface area contributed by atoms with Crippen LogP contribution in [0.2, 0.25) is 0 Å². The highest BCUT2D eigenvalue weighted by Gasteiger charge is 2.47. The van der Waals surface area contributed by atoms with Gasteiger partial charge in [-0.15, -0.1) is 0 Å². The smallest absolute Gasteiger partial charge is 0.0714 e. The van der Waals surface area contributed by atoms with E-state index >= 15 is 0 Å². The van der Waals surface area contributed by atoms with Gasteiger partial charge in [-0.3, -0.25) is 0 Å². The average Bonchev–Trinajstić information content (AvgIpc) is 4.02. The molecule has 0 radical (unpaired) electrons. The number of benzene rings is 10. The van der Waals surface area contributed by atoms with E-state index in [0.717, 1.165) is 55.7 Å². The number of para-hydroxylation sites is 2. The van der Waals surface area contributed by atoms with Crippen molar-refractivity contribution in [3.63, 3.8) is 0 Å². The number of hydrogen-bond acceptors (Lipinski definition) is 3. The van der Waals surface area contributed by atoms with Gasteiger partial charge in [0.1, 0.15) is 0 Å². The Hall–Kier alpha value is -7.92. The lowest BCUT2D eigenvalue weighted by atomic mass is 9.68. The molecule has 0 aromatic heterocycles. The SMILES string of the molecule is CC(C)(C)c1ccc(N(c2ccc(C(C)(C)C)cc2)c2cc(C(C)(C)C)cc(N(c3cccc(N(c4ccccc4)c4ccccc4)c3)c3cccc4c3-c3ccccc3C4(c3ccccc3)c3ccccc3)c2Br)cc1. The normalized spacial score (nSPS) is 12.9. The average molecular weight is 1070 g/mol. The van der Waals surface area contributed by atoms with Crippen molar-refractivity contribution in [1.29, 1.82) is 0 Å². The number of nitrogens with zero attached hydrogens (tertiary/aromatic N) is 3. The van der Waals surface area contributed by atoms with E-state index in [1.165, 1.54) is 50.1 Å². The van der Waals surface area contributed by atoms with Crippen molar-refractivity contribution in [2.75, 3.05) is 14.7 Å². The summed E-state index contributed by atoms with van der Waals surface area (Å²) >= 11 is 4.50. The topological polar surface area (TPSA) is 9.72 Å². The van der Waals surface area contributed by atoms with E-state index in [9.17, 15) is 0 Å². The Morgan fingerprint density at radius 1 is 0.299 bits per heavy atom. The number of halogens is 1. The number of hydrogen-bond donors (Lipinski definition) is 0. The Morgan fingerprint density at radius 2 is 0.675 bits per heavy atom. The van der Waals surface area contributed by atoms with Crippen LogP contribution in [0.25, 0.3) is 11.1 Å². The lowest BCUT2D eigenvalue weighted by Crippen LogP contribution is -2.28. The second-order valence-electron chi connectivity index (χ2n) is 23.6. The molecule has 0 saturated carbocycles. The number of rotatable bonds is 11. The van der Waals surface area contributed by atoms with Crippen molar-refractivity contribution in [3.8, 4) is 11.1 Å². The molecule has 10 aromatic carbocycles. The van der Waals surface area contributed by atoms with Crippen LogP contribution in [0.15, 0.2) is 253 Å². The summed E-state index contributed by atoms with van der Waals surface area (Å²) in [6, 6.07) is 92.0. The largest absolute Gasteiger partial charge is 0.310 e. The maximum atomic E-state index is 4.50. The van der Waals surface area contributed by atoms with Crippen LogP contribution < -0.4 is 14.7 Å². The highest BCUT2D eigenvalue weighted by Crippen LogP contribution is 2.61. The molecule has 1 aliphatic rings. The molecule has 3 nitrogen and oxygen atoms in total. The van der Waals surface area contributed by atoms with Gasteiger partial charge < -0.3 is 14.7 Å². The molecular formula is C73H68BrN3. The minimum atomic E-state index is -0.597. The van der Waals surface area contributed by atoms with Crippen LogP contribution in [-0.2, 0) is 21.7 Å². The van der Waals surface area contributed by atoms with Crippen LogP contribution >= 0.6 is 15.9 Å². The quantitative estimate of drug-likeness (QED) is 0.128. The molecule has 0 saturated heterocycles. The van der Waals surface area contributed by atoms with Crippen LogP contribution in [0, 0.1) is 0 Å². The van der Waals surface area contributed by atoms with Gasteiger partial charge in [0.2, 0.25) is 0 Å². The van der Waals surface area contributed by atoms with E-state index in [1.807, 2.05) is 0 Å². The van der Waals surface area contributed by atoms with E-state index in [0.29, 0.717) is 0 Å². The third-order valence-corrected chi connectivity index (χ3v) is 16.3. The predicted molar refractivity (Wildman–Crippen MR) is 332 cm³/mol. The summed E-state index contributed by atoms with van der Waals surface area (Å²) in [4.78, 5) is 7.34. The van der Waals surface area contributed by atoms with Crippen LogP contribution in [0.1, 0.15) is 101 Å². The molecule has 0 amide bonds. The number of anilines is 9. The molecule has 0 atom stereocenters. The van der Waals surface area contributed by atoms with E-state index in [4.69, 9.17) is 0 Å². The number of fused-ring (bicyclic) bond motifs is 3. The molecule has 77 heavy (non-hydrogen) atoms. The molecule has 11 rings (SSSR count). The zero-order valence-electron chi connectivity index (χ0n) is 45.9. The van der Waals surface area contributed by atoms with Gasteiger partial charge in [-0.1, -0.05) is 226 Å². The van der Waals surface area contributed by atoms with Crippen molar-refractivity contribution >= 4 is 67.1 Å². The maximum Gasteiger partial charge on any atom is 0.0714 e. The van der Waals surface area contributed by atoms with Gasteiger partial charge >= 0.3 is 0 Å². The third kappa shape index (κ3) is 9.48. The van der Waals surface area contributed by atoms with Crippen molar-refractivity contribution in [2.24, 2.45) is 0 Å². The first-order chi connectivity index (χ1) is 37.0. The van der Waals surface area contributed by atoms with Crippen molar-refractivity contribution in [2.45, 2.75) is 84.0 Å². The highest BCUT2D eigenvalue weighted by atomic mass is 79.9. The van der Waals surface area contributed by atoms with Gasteiger partial charge in [0, 0.05) is 39.7 Å². The van der Waals surface area contributed by atoms with Crippen molar-refractivity contribution in [3.05, 3.63) is 292 Å². The summed E-state index contributed by atoms with van der Waals surface area (Å²) in [6.45, 7) is 20.7. The highest BCUT2D eigenvalue weighted by molar-refractivity contribution is 9.10. The zero-order valence-corrected chi connectivity index (χ0v) is 47.5. The molecular weight excluding hydrogens is 999 g/mol. The molecule has 0 fully saturated rings. The van der Waals surface area contributed by atoms with Crippen molar-refractivity contribution < 1.29 is 0 Å². The monoisotopic (exact) mass is 1070 g/mol. The molecule has 4 heteroatoms. The summed E-state index contributed by atoms with van der Waals surface area (Å²) in [5, 5.41) is 0. The van der Waals surface area contributed by atoms with Gasteiger partial charge in [-0.2, -0.15) is 0 Å². The van der Waals surface area contributed by atoms with E-state index in [1.54, 1.807) is 0 Å². The van der Waals surface area contributed by atoms with Crippen LogP contribution in [-0.4, -0.2) is 0 Å². The zero-order chi connectivity index (χ0) is 53.7. The second kappa shape index (κ2) is 20.2. The van der Waals surface area contributed by atoms with Gasteiger partial charge in [0.25, 0.3) is 0 Å². The van der Waals surface area contributed by atoms with Crippen molar-refractivity contribution in [1.82, 2.24) is 0 Å². The first kappa shape index (κ1) is 51.2. The second-order valence-corrected chi connectivity index (χ2v) is 24.4. The molecule has 1 aliphatic carbocycles. The summed E-state index contributed by atoms with van der Waals surface area (Å²) in [5.74, 6) is 0. The van der Waals surface area contributed by atoms with E-state index in [-0.39, 0.29) is 16.2 Å². The Balaban J connectivity index is 1.24. The Labute approximate surface area is 466 Å². The van der Waals surface area contributed by atoms with Crippen LogP contribution in [0.5, 0.6) is 0 Å². The van der Waals surface area contributed by atoms with E-state index < -0.39 is 5.41 Å². The fourth-order valence-corrected chi connectivity index (χ4v) is 12.0. The van der Waals surface area contributed by atoms with Gasteiger partial charge in [0.05, 0.1) is 26.9 Å².